The Morgan fingerprint density at radius 1 is 1.54 bits per heavy atom. The molecule has 1 fully saturated rings. The Kier molecular flexibility index (Phi) is 3.21. The van der Waals surface area contributed by atoms with Gasteiger partial charge in [-0.15, -0.1) is 0 Å². The molecule has 0 saturated carbocycles. The van der Waals surface area contributed by atoms with Crippen LogP contribution in [0, 0.1) is 5.92 Å². The standard InChI is InChI=1S/C7H12N2O4/c1-4(6(10)9-12)8-7(11)5-2-13-3-5/h4-5,12H,2-3H2,1H3,(H,8,11)(H,9,10). The van der Waals surface area contributed by atoms with Gasteiger partial charge < -0.3 is 10.1 Å². The monoisotopic (exact) mass is 188 g/mol. The van der Waals surface area contributed by atoms with Crippen LogP contribution in [0.3, 0.4) is 0 Å². The van der Waals surface area contributed by atoms with Crippen molar-refractivity contribution in [3.05, 3.63) is 0 Å². The average Bonchev–Trinajstić information content (AvgIpc) is 1.99. The first-order valence-electron chi connectivity index (χ1n) is 3.97. The van der Waals surface area contributed by atoms with Crippen molar-refractivity contribution in [2.45, 2.75) is 13.0 Å². The molecule has 0 spiro atoms. The summed E-state index contributed by atoms with van der Waals surface area (Å²) < 4.78 is 4.81. The molecule has 0 aromatic rings. The quantitative estimate of drug-likeness (QED) is 0.377. The largest absolute Gasteiger partial charge is 0.380 e. The maximum Gasteiger partial charge on any atom is 0.265 e. The molecule has 1 aliphatic rings. The highest BCUT2D eigenvalue weighted by Crippen LogP contribution is 2.09. The summed E-state index contributed by atoms with van der Waals surface area (Å²) in [5.74, 6) is -1.01. The normalized spacial score (nSPS) is 18.6. The predicted molar refractivity (Wildman–Crippen MR) is 41.8 cm³/mol. The Morgan fingerprint density at radius 2 is 2.15 bits per heavy atom. The third-order valence-corrected chi connectivity index (χ3v) is 1.87. The molecule has 74 valence electrons. The van der Waals surface area contributed by atoms with Crippen LogP contribution in [0.5, 0.6) is 0 Å². The molecular formula is C7H12N2O4. The molecule has 0 radical (unpaired) electrons. The molecule has 1 atom stereocenters. The Balaban J connectivity index is 2.30. The molecule has 6 nitrogen and oxygen atoms in total. The molecule has 3 N–H and O–H groups in total. The first kappa shape index (κ1) is 9.94. The minimum Gasteiger partial charge on any atom is -0.380 e. The van der Waals surface area contributed by atoms with Crippen molar-refractivity contribution < 1.29 is 19.5 Å². The van der Waals surface area contributed by atoms with Crippen LogP contribution in [-0.4, -0.2) is 36.3 Å². The fourth-order valence-electron chi connectivity index (χ4n) is 0.881. The third kappa shape index (κ3) is 2.40. The van der Waals surface area contributed by atoms with Gasteiger partial charge in [-0.2, -0.15) is 0 Å². The van der Waals surface area contributed by atoms with Crippen molar-refractivity contribution in [3.63, 3.8) is 0 Å². The van der Waals surface area contributed by atoms with Crippen molar-refractivity contribution in [1.29, 1.82) is 0 Å². The van der Waals surface area contributed by atoms with Crippen LogP contribution in [0.4, 0.5) is 0 Å². The van der Waals surface area contributed by atoms with E-state index in [4.69, 9.17) is 9.94 Å². The van der Waals surface area contributed by atoms with E-state index < -0.39 is 11.9 Å². The van der Waals surface area contributed by atoms with E-state index in [-0.39, 0.29) is 11.8 Å². The Hall–Kier alpha value is -1.14. The molecule has 1 unspecified atom stereocenters. The van der Waals surface area contributed by atoms with Crippen LogP contribution < -0.4 is 10.8 Å². The van der Waals surface area contributed by atoms with Crippen molar-refractivity contribution in [2.75, 3.05) is 13.2 Å². The minimum absolute atomic E-state index is 0.158. The molecule has 0 aromatic heterocycles. The zero-order valence-electron chi connectivity index (χ0n) is 7.24. The van der Waals surface area contributed by atoms with Crippen LogP contribution in [0.25, 0.3) is 0 Å². The predicted octanol–water partition coefficient (Wildman–Crippen LogP) is -1.36. The highest BCUT2D eigenvalue weighted by atomic mass is 16.5. The topological polar surface area (TPSA) is 87.7 Å². The van der Waals surface area contributed by atoms with Crippen molar-refractivity contribution in [2.24, 2.45) is 5.92 Å². The lowest BCUT2D eigenvalue weighted by molar-refractivity contribution is -0.143. The second kappa shape index (κ2) is 4.20. The van der Waals surface area contributed by atoms with Gasteiger partial charge in [0, 0.05) is 0 Å². The lowest BCUT2D eigenvalue weighted by atomic mass is 10.1. The van der Waals surface area contributed by atoms with E-state index in [0.29, 0.717) is 13.2 Å². The van der Waals surface area contributed by atoms with Crippen molar-refractivity contribution in [3.8, 4) is 0 Å². The highest BCUT2D eigenvalue weighted by molar-refractivity contribution is 5.87. The van der Waals surface area contributed by atoms with Crippen LogP contribution in [0.1, 0.15) is 6.92 Å². The zero-order valence-corrected chi connectivity index (χ0v) is 7.24. The molecular weight excluding hydrogens is 176 g/mol. The number of nitrogens with one attached hydrogen (secondary N) is 2. The molecule has 1 aliphatic heterocycles. The van der Waals surface area contributed by atoms with Crippen LogP contribution in [0.15, 0.2) is 0 Å². The smallest absolute Gasteiger partial charge is 0.265 e. The number of amides is 2. The SMILES string of the molecule is CC(NC(=O)C1COC1)C(=O)NO. The first-order chi connectivity index (χ1) is 6.15. The van der Waals surface area contributed by atoms with Crippen molar-refractivity contribution in [1.82, 2.24) is 10.8 Å². The van der Waals surface area contributed by atoms with Gasteiger partial charge in [0.05, 0.1) is 19.1 Å². The number of hydroxylamine groups is 1. The number of carbonyl (C=O) groups excluding carboxylic acids is 2. The highest BCUT2D eigenvalue weighted by Gasteiger charge is 2.28. The van der Waals surface area contributed by atoms with Gasteiger partial charge in [-0.3, -0.25) is 14.8 Å². The lowest BCUT2D eigenvalue weighted by Crippen LogP contribution is -2.50. The van der Waals surface area contributed by atoms with Crippen LogP contribution in [-0.2, 0) is 14.3 Å². The third-order valence-electron chi connectivity index (χ3n) is 1.87. The maximum absolute atomic E-state index is 11.2. The van der Waals surface area contributed by atoms with Crippen LogP contribution >= 0.6 is 0 Å². The Morgan fingerprint density at radius 3 is 2.54 bits per heavy atom. The lowest BCUT2D eigenvalue weighted by Gasteiger charge is -2.25. The van der Waals surface area contributed by atoms with E-state index >= 15 is 0 Å². The van der Waals surface area contributed by atoms with E-state index in [9.17, 15) is 9.59 Å². The van der Waals surface area contributed by atoms with E-state index in [1.807, 2.05) is 0 Å². The van der Waals surface area contributed by atoms with E-state index in [1.54, 1.807) is 0 Å². The summed E-state index contributed by atoms with van der Waals surface area (Å²) in [5, 5.41) is 10.7. The number of ether oxygens (including phenoxy) is 1. The van der Waals surface area contributed by atoms with E-state index in [1.165, 1.54) is 12.4 Å². The molecule has 0 bridgehead atoms. The molecule has 1 heterocycles. The summed E-state index contributed by atoms with van der Waals surface area (Å²) in [6.07, 6.45) is 0. The molecule has 0 aromatic carbocycles. The van der Waals surface area contributed by atoms with Gasteiger partial charge in [-0.25, -0.2) is 5.48 Å². The fourth-order valence-corrected chi connectivity index (χ4v) is 0.881. The number of carbonyl (C=O) groups is 2. The van der Waals surface area contributed by atoms with Gasteiger partial charge in [-0.05, 0) is 6.92 Å². The van der Waals surface area contributed by atoms with Crippen molar-refractivity contribution >= 4 is 11.8 Å². The van der Waals surface area contributed by atoms with Gasteiger partial charge in [0.15, 0.2) is 0 Å². The van der Waals surface area contributed by atoms with Gasteiger partial charge >= 0.3 is 0 Å². The molecule has 1 rings (SSSR count). The molecule has 0 aliphatic carbocycles. The number of rotatable bonds is 3. The number of hydrogen-bond donors (Lipinski definition) is 3. The first-order valence-corrected chi connectivity index (χ1v) is 3.97. The molecule has 2 amide bonds. The van der Waals surface area contributed by atoms with Gasteiger partial charge in [-0.1, -0.05) is 0 Å². The summed E-state index contributed by atoms with van der Waals surface area (Å²) in [7, 11) is 0. The van der Waals surface area contributed by atoms with Gasteiger partial charge in [0.25, 0.3) is 5.91 Å². The fraction of sp³-hybridized carbons (Fsp3) is 0.714. The summed E-state index contributed by atoms with van der Waals surface area (Å²) >= 11 is 0. The molecule has 1 saturated heterocycles. The average molecular weight is 188 g/mol. The van der Waals surface area contributed by atoms with E-state index in [2.05, 4.69) is 5.32 Å². The van der Waals surface area contributed by atoms with Gasteiger partial charge in [0.2, 0.25) is 5.91 Å². The van der Waals surface area contributed by atoms with Gasteiger partial charge in [0.1, 0.15) is 6.04 Å². The summed E-state index contributed by atoms with van der Waals surface area (Å²) in [5.41, 5.74) is 1.46. The Labute approximate surface area is 75.2 Å². The second-order valence-electron chi connectivity index (χ2n) is 2.94. The van der Waals surface area contributed by atoms with Crippen LogP contribution in [0.2, 0.25) is 0 Å². The number of hydrogen-bond acceptors (Lipinski definition) is 4. The Bertz CT molecular complexity index is 215. The minimum atomic E-state index is -0.724. The molecule has 6 heteroatoms. The maximum atomic E-state index is 11.2. The summed E-state index contributed by atoms with van der Waals surface area (Å²) in [6, 6.07) is -0.724. The summed E-state index contributed by atoms with van der Waals surface area (Å²) in [6.45, 7) is 2.29. The molecule has 13 heavy (non-hydrogen) atoms. The van der Waals surface area contributed by atoms with E-state index in [0.717, 1.165) is 0 Å². The zero-order chi connectivity index (χ0) is 9.84. The second-order valence-corrected chi connectivity index (χ2v) is 2.94. The summed E-state index contributed by atoms with van der Waals surface area (Å²) in [4.78, 5) is 22.0.